The number of carbonyl (C=O) groups is 2. The standard InChI is InChI=1S/C14H17BrN2O4/c1-9-6-10(2-3-12(9)15)16-14(20)17-4-5-21-8-11(17)7-13(18)19/h2-3,6,11H,4-5,7-8H2,1H3,(H,16,20)(H,18,19). The lowest BCUT2D eigenvalue weighted by molar-refractivity contribution is -0.139. The van der Waals surface area contributed by atoms with E-state index in [0.29, 0.717) is 18.8 Å². The lowest BCUT2D eigenvalue weighted by Gasteiger charge is -2.34. The molecule has 21 heavy (non-hydrogen) atoms. The highest BCUT2D eigenvalue weighted by Crippen LogP contribution is 2.21. The lowest BCUT2D eigenvalue weighted by atomic mass is 10.1. The highest BCUT2D eigenvalue weighted by atomic mass is 79.9. The Labute approximate surface area is 131 Å². The molecule has 0 spiro atoms. The topological polar surface area (TPSA) is 78.9 Å². The van der Waals surface area contributed by atoms with E-state index < -0.39 is 12.0 Å². The monoisotopic (exact) mass is 356 g/mol. The minimum Gasteiger partial charge on any atom is -0.481 e. The summed E-state index contributed by atoms with van der Waals surface area (Å²) in [5.41, 5.74) is 1.69. The van der Waals surface area contributed by atoms with Gasteiger partial charge in [0.2, 0.25) is 0 Å². The van der Waals surface area contributed by atoms with Gasteiger partial charge in [0.15, 0.2) is 0 Å². The summed E-state index contributed by atoms with van der Waals surface area (Å²) < 4.78 is 6.23. The van der Waals surface area contributed by atoms with Crippen LogP contribution in [0.15, 0.2) is 22.7 Å². The first-order valence-electron chi connectivity index (χ1n) is 6.60. The summed E-state index contributed by atoms with van der Waals surface area (Å²) in [7, 11) is 0. The summed E-state index contributed by atoms with van der Waals surface area (Å²) in [6.07, 6.45) is -0.118. The van der Waals surface area contributed by atoms with Gasteiger partial charge in [0.05, 0.1) is 25.7 Å². The molecule has 1 aromatic carbocycles. The number of urea groups is 1. The van der Waals surface area contributed by atoms with Gasteiger partial charge in [-0.05, 0) is 30.7 Å². The van der Waals surface area contributed by atoms with Gasteiger partial charge in [-0.2, -0.15) is 0 Å². The fourth-order valence-electron chi connectivity index (χ4n) is 2.21. The first kappa shape index (κ1) is 15.8. The third-order valence-electron chi connectivity index (χ3n) is 3.31. The number of nitrogens with zero attached hydrogens (tertiary/aromatic N) is 1. The van der Waals surface area contributed by atoms with Crippen molar-refractivity contribution in [3.8, 4) is 0 Å². The Kier molecular flexibility index (Phi) is 5.19. The minimum absolute atomic E-state index is 0.118. The van der Waals surface area contributed by atoms with Crippen molar-refractivity contribution < 1.29 is 19.4 Å². The van der Waals surface area contributed by atoms with Crippen LogP contribution >= 0.6 is 15.9 Å². The van der Waals surface area contributed by atoms with Crippen LogP contribution in [-0.4, -0.2) is 47.8 Å². The Balaban J connectivity index is 2.06. The van der Waals surface area contributed by atoms with Crippen molar-refractivity contribution in [2.45, 2.75) is 19.4 Å². The third kappa shape index (κ3) is 4.18. The molecule has 0 aliphatic carbocycles. The van der Waals surface area contributed by atoms with Crippen LogP contribution < -0.4 is 5.32 Å². The molecule has 0 aromatic heterocycles. The number of aryl methyl sites for hydroxylation is 1. The fourth-order valence-corrected chi connectivity index (χ4v) is 2.46. The van der Waals surface area contributed by atoms with Gasteiger partial charge in [-0.3, -0.25) is 4.79 Å². The number of anilines is 1. The average Bonchev–Trinajstić information content (AvgIpc) is 2.43. The number of hydrogen-bond acceptors (Lipinski definition) is 3. The van der Waals surface area contributed by atoms with Crippen LogP contribution in [0, 0.1) is 6.92 Å². The van der Waals surface area contributed by atoms with Crippen molar-refractivity contribution in [3.63, 3.8) is 0 Å². The summed E-state index contributed by atoms with van der Waals surface area (Å²) >= 11 is 3.40. The SMILES string of the molecule is Cc1cc(NC(=O)N2CCOCC2CC(=O)O)ccc1Br. The first-order chi connectivity index (χ1) is 9.97. The van der Waals surface area contributed by atoms with Gasteiger partial charge in [-0.15, -0.1) is 0 Å². The minimum atomic E-state index is -0.942. The maximum atomic E-state index is 12.3. The van der Waals surface area contributed by atoms with Crippen LogP contribution in [0.3, 0.4) is 0 Å². The molecule has 1 heterocycles. The molecule has 2 rings (SSSR count). The summed E-state index contributed by atoms with van der Waals surface area (Å²) in [5, 5.41) is 11.7. The molecule has 114 valence electrons. The van der Waals surface area contributed by atoms with E-state index in [1.807, 2.05) is 19.1 Å². The van der Waals surface area contributed by atoms with Crippen molar-refractivity contribution in [1.29, 1.82) is 0 Å². The number of halogens is 1. The number of rotatable bonds is 3. The van der Waals surface area contributed by atoms with E-state index >= 15 is 0 Å². The maximum absolute atomic E-state index is 12.3. The second kappa shape index (κ2) is 6.91. The van der Waals surface area contributed by atoms with E-state index in [-0.39, 0.29) is 19.1 Å². The molecule has 0 saturated carbocycles. The van der Waals surface area contributed by atoms with Crippen LogP contribution in [-0.2, 0) is 9.53 Å². The van der Waals surface area contributed by atoms with E-state index in [0.717, 1.165) is 10.0 Å². The molecule has 1 aliphatic heterocycles. The molecule has 1 aromatic rings. The molecule has 1 saturated heterocycles. The van der Waals surface area contributed by atoms with E-state index in [9.17, 15) is 9.59 Å². The normalized spacial score (nSPS) is 18.4. The molecular weight excluding hydrogens is 340 g/mol. The predicted octanol–water partition coefficient (Wildman–Crippen LogP) is 2.46. The number of hydrogen-bond donors (Lipinski definition) is 2. The summed E-state index contributed by atoms with van der Waals surface area (Å²) in [6.45, 7) is 2.99. The van der Waals surface area contributed by atoms with Crippen molar-refractivity contribution in [1.82, 2.24) is 4.90 Å². The second-order valence-electron chi connectivity index (χ2n) is 4.91. The van der Waals surface area contributed by atoms with Gasteiger partial charge in [0.25, 0.3) is 0 Å². The molecule has 1 atom stereocenters. The number of amides is 2. The van der Waals surface area contributed by atoms with Gasteiger partial charge in [0.1, 0.15) is 0 Å². The third-order valence-corrected chi connectivity index (χ3v) is 4.20. The Morgan fingerprint density at radius 1 is 1.52 bits per heavy atom. The van der Waals surface area contributed by atoms with E-state index in [2.05, 4.69) is 21.2 Å². The van der Waals surface area contributed by atoms with Crippen molar-refractivity contribution >= 4 is 33.6 Å². The Hall–Kier alpha value is -1.60. The molecule has 1 unspecified atom stereocenters. The van der Waals surface area contributed by atoms with Gasteiger partial charge in [-0.1, -0.05) is 15.9 Å². The smallest absolute Gasteiger partial charge is 0.322 e. The lowest BCUT2D eigenvalue weighted by Crippen LogP contribution is -2.51. The van der Waals surface area contributed by atoms with E-state index in [1.54, 1.807) is 6.07 Å². The van der Waals surface area contributed by atoms with Crippen LogP contribution in [0.25, 0.3) is 0 Å². The molecule has 7 heteroatoms. The van der Waals surface area contributed by atoms with Crippen LogP contribution in [0.2, 0.25) is 0 Å². The van der Waals surface area contributed by atoms with Crippen molar-refractivity contribution in [3.05, 3.63) is 28.2 Å². The zero-order valence-corrected chi connectivity index (χ0v) is 13.2. The highest BCUT2D eigenvalue weighted by Gasteiger charge is 2.29. The quantitative estimate of drug-likeness (QED) is 0.871. The van der Waals surface area contributed by atoms with Crippen LogP contribution in [0.1, 0.15) is 12.0 Å². The number of carboxylic acid groups (broad SMARTS) is 1. The number of carboxylic acids is 1. The molecule has 2 amide bonds. The van der Waals surface area contributed by atoms with Crippen molar-refractivity contribution in [2.75, 3.05) is 25.1 Å². The second-order valence-corrected chi connectivity index (χ2v) is 5.77. The molecule has 2 N–H and O–H groups in total. The molecule has 0 radical (unpaired) electrons. The largest absolute Gasteiger partial charge is 0.481 e. The number of benzene rings is 1. The maximum Gasteiger partial charge on any atom is 0.322 e. The number of ether oxygens (including phenoxy) is 1. The molecule has 0 bridgehead atoms. The summed E-state index contributed by atoms with van der Waals surface area (Å²) in [6, 6.07) is 4.77. The molecule has 1 fully saturated rings. The summed E-state index contributed by atoms with van der Waals surface area (Å²) in [4.78, 5) is 24.7. The van der Waals surface area contributed by atoms with Gasteiger partial charge in [-0.25, -0.2) is 4.79 Å². The van der Waals surface area contributed by atoms with Gasteiger partial charge < -0.3 is 20.1 Å². The number of morpholine rings is 1. The van der Waals surface area contributed by atoms with E-state index in [1.165, 1.54) is 4.90 Å². The number of aliphatic carboxylic acids is 1. The fraction of sp³-hybridized carbons (Fsp3) is 0.429. The van der Waals surface area contributed by atoms with Crippen LogP contribution in [0.5, 0.6) is 0 Å². The average molecular weight is 357 g/mol. The zero-order valence-electron chi connectivity index (χ0n) is 11.6. The van der Waals surface area contributed by atoms with Gasteiger partial charge >= 0.3 is 12.0 Å². The Bertz CT molecular complexity index is 550. The first-order valence-corrected chi connectivity index (χ1v) is 7.40. The van der Waals surface area contributed by atoms with Crippen molar-refractivity contribution in [2.24, 2.45) is 0 Å². The number of nitrogens with one attached hydrogen (secondary N) is 1. The Morgan fingerprint density at radius 2 is 2.29 bits per heavy atom. The van der Waals surface area contributed by atoms with Crippen LogP contribution in [0.4, 0.5) is 10.5 Å². The molecular formula is C14H17BrN2O4. The zero-order chi connectivity index (χ0) is 15.4. The van der Waals surface area contributed by atoms with Gasteiger partial charge in [0, 0.05) is 16.7 Å². The molecule has 1 aliphatic rings. The predicted molar refractivity (Wildman–Crippen MR) is 81.5 cm³/mol. The summed E-state index contributed by atoms with van der Waals surface area (Å²) in [5.74, 6) is -0.942. The van der Waals surface area contributed by atoms with E-state index in [4.69, 9.17) is 9.84 Å². The highest BCUT2D eigenvalue weighted by molar-refractivity contribution is 9.10. The molecule has 6 nitrogen and oxygen atoms in total. The number of carbonyl (C=O) groups excluding carboxylic acids is 1. The Morgan fingerprint density at radius 3 is 2.95 bits per heavy atom.